The topological polar surface area (TPSA) is 79.1 Å². The van der Waals surface area contributed by atoms with Crippen molar-refractivity contribution in [3.63, 3.8) is 0 Å². The summed E-state index contributed by atoms with van der Waals surface area (Å²) in [5.41, 5.74) is 2.31. The highest BCUT2D eigenvalue weighted by Crippen LogP contribution is 2.31. The third-order valence-electron chi connectivity index (χ3n) is 5.50. The largest absolute Gasteiger partial charge is 0.497 e. The third-order valence-corrected chi connectivity index (χ3v) is 6.49. The molecule has 0 amide bonds. The summed E-state index contributed by atoms with van der Waals surface area (Å²) in [5, 5.41) is 0. The molecule has 1 aliphatic heterocycles. The van der Waals surface area contributed by atoms with Crippen LogP contribution in [0.1, 0.15) is 44.9 Å². The molecule has 0 spiro atoms. The van der Waals surface area contributed by atoms with Crippen LogP contribution < -0.4 is 24.4 Å². The van der Waals surface area contributed by atoms with E-state index in [-0.39, 0.29) is 11.7 Å². The van der Waals surface area contributed by atoms with Gasteiger partial charge in [0.15, 0.2) is 4.80 Å². The number of esters is 1. The smallest absolute Gasteiger partial charge is 0.338 e. The number of methoxy groups -OCH3 is 1. The van der Waals surface area contributed by atoms with Crippen LogP contribution in [0.4, 0.5) is 0 Å². The number of allylic oxidation sites excluding steroid dienone is 1. The maximum absolute atomic E-state index is 13.6. The van der Waals surface area contributed by atoms with E-state index in [2.05, 4.69) is 4.99 Å². The molecule has 0 unspecified atom stereocenters. The zero-order chi connectivity index (χ0) is 25.1. The first-order valence-electron chi connectivity index (χ1n) is 11.4. The Balaban J connectivity index is 1.87. The van der Waals surface area contributed by atoms with Crippen LogP contribution in [0.5, 0.6) is 11.5 Å². The van der Waals surface area contributed by atoms with E-state index in [0.717, 1.165) is 16.9 Å². The summed E-state index contributed by atoms with van der Waals surface area (Å²) in [5.74, 6) is 0.973. The first-order chi connectivity index (χ1) is 16.8. The molecule has 0 bridgehead atoms. The van der Waals surface area contributed by atoms with E-state index >= 15 is 0 Å². The molecule has 2 heterocycles. The number of hydrogen-bond donors (Lipinski definition) is 0. The van der Waals surface area contributed by atoms with Gasteiger partial charge in [-0.3, -0.25) is 9.36 Å². The lowest BCUT2D eigenvalue weighted by Gasteiger charge is -2.25. The normalized spacial score (nSPS) is 15.6. The van der Waals surface area contributed by atoms with E-state index in [0.29, 0.717) is 33.0 Å². The number of carbonyl (C=O) groups excluding carboxylic acids is 1. The molecular formula is C27H28N2O5S. The monoisotopic (exact) mass is 492 g/mol. The number of hydrogen-bond acceptors (Lipinski definition) is 7. The minimum absolute atomic E-state index is 0.217. The molecule has 1 aromatic heterocycles. The summed E-state index contributed by atoms with van der Waals surface area (Å²) in [6.45, 7) is 7.88. The maximum Gasteiger partial charge on any atom is 0.338 e. The fraction of sp³-hybridized carbons (Fsp3) is 0.296. The van der Waals surface area contributed by atoms with Crippen LogP contribution in [-0.4, -0.2) is 30.4 Å². The summed E-state index contributed by atoms with van der Waals surface area (Å²) >= 11 is 1.29. The van der Waals surface area contributed by atoms with Gasteiger partial charge in [-0.2, -0.15) is 0 Å². The fourth-order valence-electron chi connectivity index (χ4n) is 3.94. The Labute approximate surface area is 207 Å². The molecule has 0 N–H and O–H groups in total. The van der Waals surface area contributed by atoms with Gasteiger partial charge in [-0.05, 0) is 69.2 Å². The van der Waals surface area contributed by atoms with Crippen LogP contribution >= 0.6 is 11.3 Å². The van der Waals surface area contributed by atoms with Crippen LogP contribution in [0, 0.1) is 0 Å². The minimum atomic E-state index is -0.661. The summed E-state index contributed by atoms with van der Waals surface area (Å²) in [7, 11) is 1.59. The molecule has 0 saturated heterocycles. The molecule has 7 nitrogen and oxygen atoms in total. The van der Waals surface area contributed by atoms with E-state index in [1.807, 2.05) is 61.5 Å². The lowest BCUT2D eigenvalue weighted by Crippen LogP contribution is -2.40. The van der Waals surface area contributed by atoms with Gasteiger partial charge in [0.25, 0.3) is 5.56 Å². The van der Waals surface area contributed by atoms with E-state index < -0.39 is 12.0 Å². The molecule has 4 rings (SSSR count). The molecule has 1 atom stereocenters. The van der Waals surface area contributed by atoms with Gasteiger partial charge in [-0.1, -0.05) is 35.6 Å². The van der Waals surface area contributed by atoms with Crippen LogP contribution in [0.3, 0.4) is 0 Å². The molecule has 0 saturated carbocycles. The van der Waals surface area contributed by atoms with Gasteiger partial charge < -0.3 is 14.2 Å². The highest BCUT2D eigenvalue weighted by Gasteiger charge is 2.33. The zero-order valence-corrected chi connectivity index (χ0v) is 21.2. The number of benzene rings is 2. The highest BCUT2D eigenvalue weighted by molar-refractivity contribution is 7.07. The Morgan fingerprint density at radius 1 is 1.11 bits per heavy atom. The van der Waals surface area contributed by atoms with Gasteiger partial charge >= 0.3 is 5.97 Å². The minimum Gasteiger partial charge on any atom is -0.497 e. The predicted octanol–water partition coefficient (Wildman–Crippen LogP) is 3.59. The summed E-state index contributed by atoms with van der Waals surface area (Å²) in [4.78, 5) is 31.9. The molecule has 8 heteroatoms. The summed E-state index contributed by atoms with van der Waals surface area (Å²) in [6, 6.07) is 14.2. The molecule has 35 heavy (non-hydrogen) atoms. The maximum atomic E-state index is 13.6. The van der Waals surface area contributed by atoms with Gasteiger partial charge in [0.1, 0.15) is 11.5 Å². The second kappa shape index (κ2) is 10.3. The van der Waals surface area contributed by atoms with E-state index in [1.54, 1.807) is 32.4 Å². The number of rotatable bonds is 7. The summed E-state index contributed by atoms with van der Waals surface area (Å²) in [6.07, 6.45) is 1.53. The molecule has 0 aliphatic carbocycles. The van der Waals surface area contributed by atoms with E-state index in [1.165, 1.54) is 11.3 Å². The zero-order valence-electron chi connectivity index (χ0n) is 20.4. The van der Waals surface area contributed by atoms with Crippen molar-refractivity contribution in [3.8, 4) is 11.5 Å². The Kier molecular flexibility index (Phi) is 7.21. The molecule has 182 valence electrons. The molecule has 2 aromatic carbocycles. The Morgan fingerprint density at radius 3 is 2.37 bits per heavy atom. The average molecular weight is 493 g/mol. The molecular weight excluding hydrogens is 464 g/mol. The van der Waals surface area contributed by atoms with Crippen molar-refractivity contribution in [2.24, 2.45) is 4.99 Å². The van der Waals surface area contributed by atoms with Crippen molar-refractivity contribution in [1.82, 2.24) is 4.57 Å². The van der Waals surface area contributed by atoms with Crippen LogP contribution in [0.25, 0.3) is 6.08 Å². The standard InChI is InChI=1S/C27H28N2O5S/c1-6-33-21-11-7-18(8-12-21)15-22-25(30)29-24(19-9-13-20(32-5)14-10-19)23(26(31)34-16(2)3)17(4)28-27(29)35-22/h7-16,24H,6H2,1-5H3/b22-15+/t24-/m1/s1. The lowest BCUT2D eigenvalue weighted by molar-refractivity contribution is -0.143. The lowest BCUT2D eigenvalue weighted by atomic mass is 9.96. The third kappa shape index (κ3) is 5.07. The molecule has 0 fully saturated rings. The first kappa shape index (κ1) is 24.5. The van der Waals surface area contributed by atoms with Crippen molar-refractivity contribution in [3.05, 3.63) is 90.6 Å². The number of nitrogens with zero attached hydrogens (tertiary/aromatic N) is 2. The average Bonchev–Trinajstić information content (AvgIpc) is 3.13. The van der Waals surface area contributed by atoms with E-state index in [9.17, 15) is 9.59 Å². The number of ether oxygens (including phenoxy) is 3. The van der Waals surface area contributed by atoms with Gasteiger partial charge in [0.2, 0.25) is 0 Å². The second-order valence-corrected chi connectivity index (χ2v) is 9.32. The van der Waals surface area contributed by atoms with Crippen LogP contribution in [-0.2, 0) is 9.53 Å². The van der Waals surface area contributed by atoms with Crippen LogP contribution in [0.15, 0.2) is 69.6 Å². The van der Waals surface area contributed by atoms with Gasteiger partial charge in [-0.15, -0.1) is 0 Å². The van der Waals surface area contributed by atoms with E-state index in [4.69, 9.17) is 14.2 Å². The number of thiazole rings is 1. The Bertz CT molecular complexity index is 1430. The quantitative estimate of drug-likeness (QED) is 0.471. The highest BCUT2D eigenvalue weighted by atomic mass is 32.1. The van der Waals surface area contributed by atoms with Gasteiger partial charge in [0.05, 0.1) is 41.7 Å². The molecule has 3 aromatic rings. The molecule has 1 aliphatic rings. The van der Waals surface area contributed by atoms with Crippen molar-refractivity contribution < 1.29 is 19.0 Å². The Hall–Kier alpha value is -3.65. The molecule has 0 radical (unpaired) electrons. The van der Waals surface area contributed by atoms with Crippen molar-refractivity contribution >= 4 is 23.4 Å². The number of fused-ring (bicyclic) bond motifs is 1. The second-order valence-electron chi connectivity index (χ2n) is 8.31. The fourth-order valence-corrected chi connectivity index (χ4v) is 4.99. The predicted molar refractivity (Wildman–Crippen MR) is 136 cm³/mol. The van der Waals surface area contributed by atoms with Gasteiger partial charge in [-0.25, -0.2) is 9.79 Å². The first-order valence-corrected chi connectivity index (χ1v) is 12.2. The number of aromatic nitrogens is 1. The van der Waals surface area contributed by atoms with Gasteiger partial charge in [0, 0.05) is 0 Å². The van der Waals surface area contributed by atoms with Crippen molar-refractivity contribution in [2.45, 2.75) is 39.8 Å². The van der Waals surface area contributed by atoms with Crippen molar-refractivity contribution in [2.75, 3.05) is 13.7 Å². The van der Waals surface area contributed by atoms with Crippen LogP contribution in [0.2, 0.25) is 0 Å². The van der Waals surface area contributed by atoms with Crippen molar-refractivity contribution in [1.29, 1.82) is 0 Å². The SMILES string of the molecule is CCOc1ccc(/C=c2/sc3n(c2=O)[C@H](c2ccc(OC)cc2)C(C(=O)OC(C)C)=C(C)N=3)cc1. The Morgan fingerprint density at radius 2 is 1.77 bits per heavy atom. The summed E-state index contributed by atoms with van der Waals surface area (Å²) < 4.78 is 18.4. The number of carbonyl (C=O) groups is 1.